The van der Waals surface area contributed by atoms with E-state index in [0.717, 1.165) is 24.1 Å². The second-order valence-electron chi connectivity index (χ2n) is 4.06. The quantitative estimate of drug-likeness (QED) is 0.573. The second-order valence-corrected chi connectivity index (χ2v) is 4.86. The third-order valence-electron chi connectivity index (χ3n) is 2.41. The van der Waals surface area contributed by atoms with E-state index in [1.807, 2.05) is 0 Å². The maximum atomic E-state index is 5.63. The summed E-state index contributed by atoms with van der Waals surface area (Å²) in [7, 11) is 0. The molecular formula is C13H19BrO. The fourth-order valence-corrected chi connectivity index (χ4v) is 1.86. The summed E-state index contributed by atoms with van der Waals surface area (Å²) < 4.78 is 5.63. The van der Waals surface area contributed by atoms with E-state index in [4.69, 9.17) is 4.74 Å². The van der Waals surface area contributed by atoms with Crippen molar-refractivity contribution < 1.29 is 4.74 Å². The van der Waals surface area contributed by atoms with E-state index in [0.29, 0.717) is 5.92 Å². The zero-order chi connectivity index (χ0) is 11.3. The normalized spacial score (nSPS) is 10.7. The molecule has 0 amide bonds. The Morgan fingerprint density at radius 3 is 2.60 bits per heavy atom. The molecule has 0 fully saturated rings. The van der Waals surface area contributed by atoms with Crippen molar-refractivity contribution in [3.63, 3.8) is 0 Å². The highest BCUT2D eigenvalue weighted by Gasteiger charge is 2.04. The van der Waals surface area contributed by atoms with Gasteiger partial charge in [-0.05, 0) is 42.5 Å². The number of ether oxygens (including phenoxy) is 1. The largest absolute Gasteiger partial charge is 0.494 e. The standard InChI is InChI=1S/C13H19BrO/c1-10(2)13-6-5-12(9-11(13)3)15-8-4-7-14/h5-6,9-10H,4,7-8H2,1-3H3. The van der Waals surface area contributed by atoms with E-state index in [1.165, 1.54) is 11.1 Å². The Balaban J connectivity index is 2.65. The number of benzene rings is 1. The van der Waals surface area contributed by atoms with Crippen LogP contribution < -0.4 is 4.74 Å². The first kappa shape index (κ1) is 12.6. The van der Waals surface area contributed by atoms with Gasteiger partial charge in [-0.2, -0.15) is 0 Å². The number of alkyl halides is 1. The molecule has 0 spiro atoms. The van der Waals surface area contributed by atoms with Crippen LogP contribution in [0.15, 0.2) is 18.2 Å². The molecule has 0 heterocycles. The van der Waals surface area contributed by atoms with Crippen LogP contribution in [0.5, 0.6) is 5.75 Å². The summed E-state index contributed by atoms with van der Waals surface area (Å²) in [4.78, 5) is 0. The predicted molar refractivity (Wildman–Crippen MR) is 69.2 cm³/mol. The van der Waals surface area contributed by atoms with E-state index in [2.05, 4.69) is 54.9 Å². The minimum Gasteiger partial charge on any atom is -0.494 e. The van der Waals surface area contributed by atoms with Crippen LogP contribution in [0.1, 0.15) is 37.3 Å². The highest BCUT2D eigenvalue weighted by Crippen LogP contribution is 2.23. The number of aryl methyl sites for hydroxylation is 1. The third-order valence-corrected chi connectivity index (χ3v) is 2.97. The van der Waals surface area contributed by atoms with Gasteiger partial charge in [0.2, 0.25) is 0 Å². The van der Waals surface area contributed by atoms with E-state index in [1.54, 1.807) is 0 Å². The van der Waals surface area contributed by atoms with Crippen LogP contribution in [0, 0.1) is 6.92 Å². The fraction of sp³-hybridized carbons (Fsp3) is 0.538. The zero-order valence-corrected chi connectivity index (χ0v) is 11.3. The molecule has 0 aromatic heterocycles. The third kappa shape index (κ3) is 3.86. The average molecular weight is 271 g/mol. The SMILES string of the molecule is Cc1cc(OCCCBr)ccc1C(C)C. The zero-order valence-electron chi connectivity index (χ0n) is 9.72. The maximum absolute atomic E-state index is 5.63. The molecule has 1 aromatic rings. The number of hydrogen-bond acceptors (Lipinski definition) is 1. The van der Waals surface area contributed by atoms with Gasteiger partial charge in [-0.3, -0.25) is 0 Å². The van der Waals surface area contributed by atoms with Crippen LogP contribution in [0.3, 0.4) is 0 Å². The van der Waals surface area contributed by atoms with E-state index in [-0.39, 0.29) is 0 Å². The molecule has 0 unspecified atom stereocenters. The van der Waals surface area contributed by atoms with E-state index < -0.39 is 0 Å². The fourth-order valence-electron chi connectivity index (χ4n) is 1.63. The molecule has 1 rings (SSSR count). The molecule has 0 aliphatic carbocycles. The summed E-state index contributed by atoms with van der Waals surface area (Å²) in [6.45, 7) is 7.36. The van der Waals surface area contributed by atoms with Crippen LogP contribution >= 0.6 is 15.9 Å². The van der Waals surface area contributed by atoms with Gasteiger partial charge >= 0.3 is 0 Å². The monoisotopic (exact) mass is 270 g/mol. The first-order valence-corrected chi connectivity index (χ1v) is 6.56. The number of hydrogen-bond donors (Lipinski definition) is 0. The maximum Gasteiger partial charge on any atom is 0.119 e. The lowest BCUT2D eigenvalue weighted by molar-refractivity contribution is 0.319. The van der Waals surface area contributed by atoms with Crippen molar-refractivity contribution in [1.29, 1.82) is 0 Å². The summed E-state index contributed by atoms with van der Waals surface area (Å²) in [5.74, 6) is 1.57. The summed E-state index contributed by atoms with van der Waals surface area (Å²) in [5.41, 5.74) is 2.73. The van der Waals surface area contributed by atoms with Crippen LogP contribution in [-0.4, -0.2) is 11.9 Å². The lowest BCUT2D eigenvalue weighted by Gasteiger charge is -2.12. The minimum absolute atomic E-state index is 0.585. The van der Waals surface area contributed by atoms with Gasteiger partial charge in [-0.15, -0.1) is 0 Å². The Bertz CT molecular complexity index is 307. The molecule has 0 saturated heterocycles. The first-order valence-electron chi connectivity index (χ1n) is 5.44. The van der Waals surface area contributed by atoms with Crippen LogP contribution in [0.2, 0.25) is 0 Å². The lowest BCUT2D eigenvalue weighted by Crippen LogP contribution is -1.99. The Morgan fingerprint density at radius 1 is 1.33 bits per heavy atom. The smallest absolute Gasteiger partial charge is 0.119 e. The van der Waals surface area contributed by atoms with Gasteiger partial charge in [0.05, 0.1) is 6.61 Å². The second kappa shape index (κ2) is 6.16. The Morgan fingerprint density at radius 2 is 2.07 bits per heavy atom. The van der Waals surface area contributed by atoms with Crippen molar-refractivity contribution in [3.05, 3.63) is 29.3 Å². The lowest BCUT2D eigenvalue weighted by atomic mass is 9.98. The van der Waals surface area contributed by atoms with Gasteiger partial charge in [0, 0.05) is 5.33 Å². The van der Waals surface area contributed by atoms with E-state index in [9.17, 15) is 0 Å². The molecule has 0 aliphatic heterocycles. The van der Waals surface area contributed by atoms with Crippen LogP contribution in [0.25, 0.3) is 0 Å². The Hall–Kier alpha value is -0.500. The van der Waals surface area contributed by atoms with Gasteiger partial charge in [0.25, 0.3) is 0 Å². The molecule has 1 aromatic carbocycles. The van der Waals surface area contributed by atoms with Crippen molar-refractivity contribution in [2.24, 2.45) is 0 Å². The summed E-state index contributed by atoms with van der Waals surface area (Å²) in [6, 6.07) is 6.36. The molecule has 0 saturated carbocycles. The predicted octanol–water partition coefficient (Wildman–Crippen LogP) is 4.28. The topological polar surface area (TPSA) is 9.23 Å². The van der Waals surface area contributed by atoms with Crippen molar-refractivity contribution >= 4 is 15.9 Å². The first-order chi connectivity index (χ1) is 7.15. The van der Waals surface area contributed by atoms with Crippen molar-refractivity contribution in [1.82, 2.24) is 0 Å². The molecule has 0 aliphatic rings. The summed E-state index contributed by atoms with van der Waals surface area (Å²) in [5, 5.41) is 0.996. The van der Waals surface area contributed by atoms with Gasteiger partial charge in [-0.1, -0.05) is 35.8 Å². The van der Waals surface area contributed by atoms with Gasteiger partial charge in [-0.25, -0.2) is 0 Å². The van der Waals surface area contributed by atoms with Gasteiger partial charge < -0.3 is 4.74 Å². The van der Waals surface area contributed by atoms with Crippen molar-refractivity contribution in [2.45, 2.75) is 33.1 Å². The van der Waals surface area contributed by atoms with Gasteiger partial charge in [0.1, 0.15) is 5.75 Å². The van der Waals surface area contributed by atoms with Crippen LogP contribution in [0.4, 0.5) is 0 Å². The molecule has 1 nitrogen and oxygen atoms in total. The molecule has 0 N–H and O–H groups in total. The Labute approximate surface area is 101 Å². The summed E-state index contributed by atoms with van der Waals surface area (Å²) >= 11 is 3.39. The molecule has 2 heteroatoms. The molecule has 0 bridgehead atoms. The number of rotatable bonds is 5. The molecule has 84 valence electrons. The van der Waals surface area contributed by atoms with Crippen molar-refractivity contribution in [2.75, 3.05) is 11.9 Å². The molecule has 0 atom stereocenters. The molecule has 0 radical (unpaired) electrons. The highest BCUT2D eigenvalue weighted by atomic mass is 79.9. The molecular weight excluding hydrogens is 252 g/mol. The minimum atomic E-state index is 0.585. The highest BCUT2D eigenvalue weighted by molar-refractivity contribution is 9.09. The number of halogens is 1. The summed E-state index contributed by atoms with van der Waals surface area (Å²) in [6.07, 6.45) is 1.05. The Kier molecular flexibility index (Phi) is 5.16. The van der Waals surface area contributed by atoms with Gasteiger partial charge in [0.15, 0.2) is 0 Å². The average Bonchev–Trinajstić information content (AvgIpc) is 2.17. The van der Waals surface area contributed by atoms with Crippen LogP contribution in [-0.2, 0) is 0 Å². The molecule has 15 heavy (non-hydrogen) atoms. The van der Waals surface area contributed by atoms with E-state index >= 15 is 0 Å². The van der Waals surface area contributed by atoms with Crippen molar-refractivity contribution in [3.8, 4) is 5.75 Å².